The van der Waals surface area contributed by atoms with Crippen molar-refractivity contribution in [2.24, 2.45) is 0 Å². The minimum absolute atomic E-state index is 0.180. The molecule has 4 rings (SSSR count). The van der Waals surface area contributed by atoms with E-state index in [2.05, 4.69) is 15.7 Å². The molecule has 2 heterocycles. The molecule has 2 aromatic carbocycles. The number of carbonyl (C=O) groups is 3. The van der Waals surface area contributed by atoms with Crippen molar-refractivity contribution in [3.8, 4) is 5.69 Å². The molecule has 0 saturated heterocycles. The van der Waals surface area contributed by atoms with Crippen LogP contribution in [0.3, 0.4) is 0 Å². The Morgan fingerprint density at radius 1 is 1.00 bits per heavy atom. The van der Waals surface area contributed by atoms with Crippen LogP contribution in [0.4, 0.5) is 11.4 Å². The number of amides is 2. The van der Waals surface area contributed by atoms with E-state index in [9.17, 15) is 14.4 Å². The van der Waals surface area contributed by atoms with Gasteiger partial charge in [0, 0.05) is 23.7 Å². The van der Waals surface area contributed by atoms with E-state index in [0.717, 1.165) is 21.6 Å². The monoisotopic (exact) mass is 462 g/mol. The van der Waals surface area contributed by atoms with E-state index in [-0.39, 0.29) is 5.91 Å². The predicted molar refractivity (Wildman–Crippen MR) is 128 cm³/mol. The number of ether oxygens (including phenoxy) is 1. The van der Waals surface area contributed by atoms with Crippen LogP contribution in [0.25, 0.3) is 15.9 Å². The lowest BCUT2D eigenvalue weighted by Gasteiger charge is -2.13. The van der Waals surface area contributed by atoms with Crippen molar-refractivity contribution in [1.82, 2.24) is 9.78 Å². The van der Waals surface area contributed by atoms with Crippen molar-refractivity contribution in [1.29, 1.82) is 0 Å². The fourth-order valence-electron chi connectivity index (χ4n) is 3.25. The van der Waals surface area contributed by atoms with E-state index >= 15 is 0 Å². The van der Waals surface area contributed by atoms with Gasteiger partial charge in [-0.1, -0.05) is 18.2 Å². The normalized spacial score (nSPS) is 11.7. The van der Waals surface area contributed by atoms with Crippen molar-refractivity contribution in [2.45, 2.75) is 26.9 Å². The molecule has 4 aromatic rings. The molecule has 0 bridgehead atoms. The number of anilines is 2. The number of fused-ring (bicyclic) bond motifs is 1. The molecule has 2 amide bonds. The van der Waals surface area contributed by atoms with Crippen LogP contribution in [-0.4, -0.2) is 33.7 Å². The summed E-state index contributed by atoms with van der Waals surface area (Å²) >= 11 is 1.27. The molecule has 0 aliphatic carbocycles. The zero-order valence-electron chi connectivity index (χ0n) is 18.3. The first-order valence-corrected chi connectivity index (χ1v) is 11.1. The Hall–Kier alpha value is -3.98. The minimum Gasteiger partial charge on any atom is -0.448 e. The van der Waals surface area contributed by atoms with Gasteiger partial charge in [-0.25, -0.2) is 9.48 Å². The van der Waals surface area contributed by atoms with Gasteiger partial charge in [-0.2, -0.15) is 5.10 Å². The van der Waals surface area contributed by atoms with Gasteiger partial charge in [0.2, 0.25) is 5.91 Å². The largest absolute Gasteiger partial charge is 0.448 e. The van der Waals surface area contributed by atoms with Crippen molar-refractivity contribution in [3.05, 3.63) is 71.2 Å². The average Bonchev–Trinajstić information content (AvgIpc) is 3.36. The van der Waals surface area contributed by atoms with Crippen LogP contribution in [0.2, 0.25) is 0 Å². The molecule has 0 aliphatic heterocycles. The molecule has 8 nitrogen and oxygen atoms in total. The molecule has 0 radical (unpaired) electrons. The molecule has 0 spiro atoms. The summed E-state index contributed by atoms with van der Waals surface area (Å²) in [7, 11) is 0. The van der Waals surface area contributed by atoms with Crippen molar-refractivity contribution >= 4 is 50.7 Å². The first kappa shape index (κ1) is 22.2. The maximum absolute atomic E-state index is 12.7. The molecule has 0 aliphatic rings. The van der Waals surface area contributed by atoms with Gasteiger partial charge in [-0.15, -0.1) is 11.3 Å². The smallest absolute Gasteiger partial charge is 0.349 e. The van der Waals surface area contributed by atoms with Crippen LogP contribution >= 0.6 is 11.3 Å². The van der Waals surface area contributed by atoms with Crippen LogP contribution in [0.15, 0.2) is 60.7 Å². The molecule has 168 valence electrons. The van der Waals surface area contributed by atoms with Gasteiger partial charge in [-0.3, -0.25) is 9.59 Å². The zero-order chi connectivity index (χ0) is 23.5. The molecular formula is C24H22N4O4S. The molecule has 0 saturated carbocycles. The highest BCUT2D eigenvalue weighted by Gasteiger charge is 2.23. The lowest BCUT2D eigenvalue weighted by Crippen LogP contribution is -2.29. The minimum atomic E-state index is -0.996. The Morgan fingerprint density at radius 2 is 1.64 bits per heavy atom. The third-order valence-corrected chi connectivity index (χ3v) is 5.96. The lowest BCUT2D eigenvalue weighted by atomic mass is 10.2. The third kappa shape index (κ3) is 4.93. The fourth-order valence-corrected chi connectivity index (χ4v) is 4.31. The Kier molecular flexibility index (Phi) is 6.23. The molecule has 1 atom stereocenters. The number of aromatic nitrogens is 2. The summed E-state index contributed by atoms with van der Waals surface area (Å²) in [6.45, 7) is 4.82. The van der Waals surface area contributed by atoms with Crippen molar-refractivity contribution in [2.75, 3.05) is 10.6 Å². The van der Waals surface area contributed by atoms with Gasteiger partial charge in [0.05, 0.1) is 11.4 Å². The number of hydrogen-bond acceptors (Lipinski definition) is 6. The second-order valence-electron chi connectivity index (χ2n) is 7.46. The summed E-state index contributed by atoms with van der Waals surface area (Å²) in [5.74, 6) is -1.21. The van der Waals surface area contributed by atoms with E-state index in [1.54, 1.807) is 35.0 Å². The highest BCUT2D eigenvalue weighted by atomic mass is 32.1. The van der Waals surface area contributed by atoms with E-state index in [1.807, 2.05) is 37.3 Å². The second kappa shape index (κ2) is 9.25. The topological polar surface area (TPSA) is 102 Å². The van der Waals surface area contributed by atoms with Gasteiger partial charge in [0.25, 0.3) is 5.91 Å². The van der Waals surface area contributed by atoms with E-state index in [0.29, 0.717) is 16.3 Å². The number of esters is 1. The quantitative estimate of drug-likeness (QED) is 0.410. The predicted octanol–water partition coefficient (Wildman–Crippen LogP) is 4.54. The number of aryl methyl sites for hydroxylation is 1. The highest BCUT2D eigenvalue weighted by Crippen LogP contribution is 2.31. The second-order valence-corrected chi connectivity index (χ2v) is 8.49. The molecular weight excluding hydrogens is 440 g/mol. The van der Waals surface area contributed by atoms with Crippen molar-refractivity contribution < 1.29 is 19.1 Å². The number of para-hydroxylation sites is 1. The van der Waals surface area contributed by atoms with Crippen LogP contribution in [0, 0.1) is 6.92 Å². The molecule has 33 heavy (non-hydrogen) atoms. The van der Waals surface area contributed by atoms with Crippen LogP contribution in [0.5, 0.6) is 0 Å². The Morgan fingerprint density at radius 3 is 2.27 bits per heavy atom. The summed E-state index contributed by atoms with van der Waals surface area (Å²) in [5, 5.41) is 10.8. The number of benzene rings is 2. The zero-order valence-corrected chi connectivity index (χ0v) is 19.1. The summed E-state index contributed by atoms with van der Waals surface area (Å²) in [4.78, 5) is 37.5. The van der Waals surface area contributed by atoms with E-state index < -0.39 is 18.0 Å². The average molecular weight is 463 g/mol. The third-order valence-electron chi connectivity index (χ3n) is 4.87. The number of rotatable bonds is 6. The maximum atomic E-state index is 12.7. The SMILES string of the molecule is CC(=O)Nc1ccc(NC(=O)[C@@H](C)OC(=O)c2cc3c(C)nn(-c4ccccc4)c3s2)cc1. The number of nitrogens with zero attached hydrogens (tertiary/aromatic N) is 2. The number of carbonyl (C=O) groups excluding carboxylic acids is 3. The summed E-state index contributed by atoms with van der Waals surface area (Å²) in [6.07, 6.45) is -0.996. The molecule has 0 unspecified atom stereocenters. The van der Waals surface area contributed by atoms with Gasteiger partial charge >= 0.3 is 5.97 Å². The van der Waals surface area contributed by atoms with Crippen LogP contribution < -0.4 is 10.6 Å². The first-order valence-electron chi connectivity index (χ1n) is 10.3. The van der Waals surface area contributed by atoms with Gasteiger partial charge in [0.15, 0.2) is 6.10 Å². The number of nitrogens with one attached hydrogen (secondary N) is 2. The van der Waals surface area contributed by atoms with Gasteiger partial charge in [-0.05, 0) is 56.3 Å². The van der Waals surface area contributed by atoms with Gasteiger partial charge < -0.3 is 15.4 Å². The summed E-state index contributed by atoms with van der Waals surface area (Å²) < 4.78 is 7.20. The summed E-state index contributed by atoms with van der Waals surface area (Å²) in [6, 6.07) is 18.1. The molecule has 2 aromatic heterocycles. The molecule has 0 fully saturated rings. The first-order chi connectivity index (χ1) is 15.8. The Bertz CT molecular complexity index is 1330. The van der Waals surface area contributed by atoms with Crippen LogP contribution in [-0.2, 0) is 14.3 Å². The highest BCUT2D eigenvalue weighted by molar-refractivity contribution is 7.20. The number of thiophene rings is 1. The fraction of sp³-hybridized carbons (Fsp3) is 0.167. The Balaban J connectivity index is 1.44. The maximum Gasteiger partial charge on any atom is 0.349 e. The molecule has 2 N–H and O–H groups in total. The number of hydrogen-bond donors (Lipinski definition) is 2. The van der Waals surface area contributed by atoms with E-state index in [1.165, 1.54) is 25.2 Å². The van der Waals surface area contributed by atoms with Crippen molar-refractivity contribution in [3.63, 3.8) is 0 Å². The standard InChI is InChI=1S/C24H22N4O4S/c1-14-20-13-21(33-23(20)28(27-14)19-7-5-4-6-8-19)24(31)32-15(2)22(30)26-18-11-9-17(10-12-18)25-16(3)29/h4-13,15H,1-3H3,(H,25,29)(H,26,30)/t15-/m1/s1. The van der Waals surface area contributed by atoms with Crippen LogP contribution in [0.1, 0.15) is 29.2 Å². The van der Waals surface area contributed by atoms with Gasteiger partial charge in [0.1, 0.15) is 9.71 Å². The summed E-state index contributed by atoms with van der Waals surface area (Å²) in [5.41, 5.74) is 2.85. The van der Waals surface area contributed by atoms with E-state index in [4.69, 9.17) is 4.74 Å². The lowest BCUT2D eigenvalue weighted by molar-refractivity contribution is -0.123. The molecule has 9 heteroatoms. The Labute approximate surface area is 194 Å².